The molecule has 2 amide bonds. The molecule has 1 aliphatic rings. The summed E-state index contributed by atoms with van der Waals surface area (Å²) in [5, 5.41) is 1.32. The third-order valence-electron chi connectivity index (χ3n) is 5.91. The fourth-order valence-corrected chi connectivity index (χ4v) is 4.37. The van der Waals surface area contributed by atoms with Crippen LogP contribution < -0.4 is 0 Å². The van der Waals surface area contributed by atoms with Gasteiger partial charge < -0.3 is 14.5 Å². The minimum absolute atomic E-state index is 0.104. The van der Waals surface area contributed by atoms with Gasteiger partial charge >= 0.3 is 6.09 Å². The zero-order chi connectivity index (χ0) is 24.2. The number of ether oxygens (including phenoxy) is 1. The summed E-state index contributed by atoms with van der Waals surface area (Å²) in [5.41, 5.74) is 3.46. The highest BCUT2D eigenvalue weighted by molar-refractivity contribution is 6.35. The lowest BCUT2D eigenvalue weighted by molar-refractivity contribution is 0.0412. The zero-order valence-corrected chi connectivity index (χ0v) is 20.0. The minimum atomic E-state index is -0.326. The molecule has 7 heteroatoms. The molecule has 3 aromatic rings. The first-order valence-electron chi connectivity index (χ1n) is 11.3. The maximum Gasteiger partial charge on any atom is 0.410 e. The number of carbonyl (C=O) groups is 2. The van der Waals surface area contributed by atoms with Gasteiger partial charge in [0, 0.05) is 47.8 Å². The van der Waals surface area contributed by atoms with Crippen LogP contribution in [0.25, 0.3) is 22.2 Å². The third-order valence-corrected chi connectivity index (χ3v) is 6.22. The van der Waals surface area contributed by atoms with Crippen molar-refractivity contribution in [2.45, 2.75) is 26.3 Å². The van der Waals surface area contributed by atoms with Crippen LogP contribution in [0.2, 0.25) is 5.02 Å². The number of rotatable bonds is 4. The third kappa shape index (κ3) is 4.85. The van der Waals surface area contributed by atoms with Gasteiger partial charge in [-0.05, 0) is 43.7 Å². The Morgan fingerprint density at radius 2 is 2.03 bits per heavy atom. The molecule has 1 fully saturated rings. The van der Waals surface area contributed by atoms with E-state index in [0.717, 1.165) is 22.9 Å². The number of hydrogen-bond donors (Lipinski definition) is 0. The second-order valence-electron chi connectivity index (χ2n) is 8.35. The number of fused-ring (bicyclic) bond motifs is 1. The number of benzene rings is 2. The lowest BCUT2D eigenvalue weighted by Crippen LogP contribution is -2.55. The zero-order valence-electron chi connectivity index (χ0n) is 19.3. The van der Waals surface area contributed by atoms with E-state index in [2.05, 4.69) is 5.92 Å². The molecule has 2 aromatic carbocycles. The second kappa shape index (κ2) is 10.1. The van der Waals surface area contributed by atoms with Crippen molar-refractivity contribution < 1.29 is 14.3 Å². The Labute approximate surface area is 204 Å². The molecule has 6 nitrogen and oxygen atoms in total. The summed E-state index contributed by atoms with van der Waals surface area (Å²) in [4.78, 5) is 33.7. The molecule has 0 spiro atoms. The molecule has 1 saturated heterocycles. The van der Waals surface area contributed by atoms with Gasteiger partial charge in [-0.1, -0.05) is 42.6 Å². The summed E-state index contributed by atoms with van der Waals surface area (Å²) in [7, 11) is 0. The average Bonchev–Trinajstić information content (AvgIpc) is 2.86. The highest BCUT2D eigenvalue weighted by Crippen LogP contribution is 2.29. The van der Waals surface area contributed by atoms with Crippen molar-refractivity contribution in [1.82, 2.24) is 14.8 Å². The molecule has 174 valence electrons. The Morgan fingerprint density at radius 3 is 2.76 bits per heavy atom. The standard InChI is InChI=1S/C27H26ClN3O3/c1-4-13-34-27(33)31-12-11-30(17-18(31)3)26(32)21-9-10-22-23(28)16-24(29-25(22)15-21)20-8-6-7-19(5-2)14-20/h2,6-10,14-16,18H,4,11-13,17H2,1,3H3/t18-/m1/s1. The Kier molecular flexibility index (Phi) is 7.04. The fourth-order valence-electron chi connectivity index (χ4n) is 4.10. The van der Waals surface area contributed by atoms with Crippen LogP contribution in [0, 0.1) is 12.3 Å². The van der Waals surface area contributed by atoms with Crippen molar-refractivity contribution in [2.24, 2.45) is 0 Å². The largest absolute Gasteiger partial charge is 0.449 e. The monoisotopic (exact) mass is 475 g/mol. The molecule has 1 atom stereocenters. The lowest BCUT2D eigenvalue weighted by Gasteiger charge is -2.39. The number of carbonyl (C=O) groups excluding carboxylic acids is 2. The Hall–Kier alpha value is -3.56. The van der Waals surface area contributed by atoms with Crippen molar-refractivity contribution in [1.29, 1.82) is 0 Å². The molecule has 0 N–H and O–H groups in total. The van der Waals surface area contributed by atoms with Crippen molar-refractivity contribution in [3.8, 4) is 23.6 Å². The first-order chi connectivity index (χ1) is 16.4. The molecule has 0 saturated carbocycles. The number of amides is 2. The fraction of sp³-hybridized carbons (Fsp3) is 0.296. The highest BCUT2D eigenvalue weighted by Gasteiger charge is 2.31. The topological polar surface area (TPSA) is 62.7 Å². The Morgan fingerprint density at radius 1 is 1.21 bits per heavy atom. The van der Waals surface area contributed by atoms with Gasteiger partial charge in [0.2, 0.25) is 0 Å². The average molecular weight is 476 g/mol. The van der Waals surface area contributed by atoms with Crippen LogP contribution in [0.15, 0.2) is 48.5 Å². The summed E-state index contributed by atoms with van der Waals surface area (Å²) in [6.45, 7) is 5.58. The molecule has 1 aliphatic heterocycles. The van der Waals surface area contributed by atoms with E-state index in [4.69, 9.17) is 27.7 Å². The van der Waals surface area contributed by atoms with Crippen molar-refractivity contribution >= 4 is 34.5 Å². The van der Waals surface area contributed by atoms with E-state index in [-0.39, 0.29) is 18.0 Å². The molecule has 0 unspecified atom stereocenters. The van der Waals surface area contributed by atoms with Gasteiger partial charge in [-0.25, -0.2) is 9.78 Å². The first kappa shape index (κ1) is 23.6. The van der Waals surface area contributed by atoms with Crippen LogP contribution >= 0.6 is 11.6 Å². The number of halogens is 1. The highest BCUT2D eigenvalue weighted by atomic mass is 35.5. The van der Waals surface area contributed by atoms with Crippen LogP contribution in [-0.2, 0) is 4.74 Å². The molecule has 1 aromatic heterocycles. The first-order valence-corrected chi connectivity index (χ1v) is 11.7. The second-order valence-corrected chi connectivity index (χ2v) is 8.76. The van der Waals surface area contributed by atoms with Crippen LogP contribution in [-0.4, -0.2) is 59.1 Å². The number of pyridine rings is 1. The number of aromatic nitrogens is 1. The van der Waals surface area contributed by atoms with Gasteiger partial charge in [0.25, 0.3) is 5.91 Å². The minimum Gasteiger partial charge on any atom is -0.449 e. The van der Waals surface area contributed by atoms with Crippen molar-refractivity contribution in [3.05, 3.63) is 64.7 Å². The summed E-state index contributed by atoms with van der Waals surface area (Å²) < 4.78 is 5.25. The van der Waals surface area contributed by atoms with Gasteiger partial charge in [0.15, 0.2) is 0 Å². The van der Waals surface area contributed by atoms with E-state index >= 15 is 0 Å². The van der Waals surface area contributed by atoms with Crippen molar-refractivity contribution in [2.75, 3.05) is 26.2 Å². The van der Waals surface area contributed by atoms with E-state index in [1.807, 2.05) is 44.2 Å². The van der Waals surface area contributed by atoms with Gasteiger partial charge in [-0.15, -0.1) is 6.42 Å². The van der Waals surface area contributed by atoms with E-state index in [1.165, 1.54) is 0 Å². The molecule has 0 radical (unpaired) electrons. The SMILES string of the molecule is C#Cc1cccc(-c2cc(Cl)c3ccc(C(=O)N4CCN(C(=O)OCCC)[C@H](C)C4)cc3n2)c1. The quantitative estimate of drug-likeness (QED) is 0.485. The summed E-state index contributed by atoms with van der Waals surface area (Å²) in [6.07, 6.45) is 5.98. The summed E-state index contributed by atoms with van der Waals surface area (Å²) in [6, 6.07) is 14.6. The van der Waals surface area contributed by atoms with E-state index in [9.17, 15) is 9.59 Å². The van der Waals surface area contributed by atoms with Crippen molar-refractivity contribution in [3.63, 3.8) is 0 Å². The molecule has 0 bridgehead atoms. The molecule has 2 heterocycles. The molecular weight excluding hydrogens is 450 g/mol. The van der Waals surface area contributed by atoms with E-state index in [0.29, 0.717) is 48.0 Å². The number of piperazine rings is 1. The predicted molar refractivity (Wildman–Crippen MR) is 134 cm³/mol. The number of terminal acetylenes is 1. The van der Waals surface area contributed by atoms with E-state index < -0.39 is 0 Å². The Bertz CT molecular complexity index is 1280. The molecule has 4 rings (SSSR count). The van der Waals surface area contributed by atoms with Crippen LogP contribution in [0.4, 0.5) is 4.79 Å². The predicted octanol–water partition coefficient (Wildman–Crippen LogP) is 5.23. The normalized spacial score (nSPS) is 15.8. The summed E-state index contributed by atoms with van der Waals surface area (Å²) in [5.74, 6) is 2.53. The van der Waals surface area contributed by atoms with E-state index in [1.54, 1.807) is 28.0 Å². The van der Waals surface area contributed by atoms with Gasteiger partial charge in [0.05, 0.1) is 22.8 Å². The lowest BCUT2D eigenvalue weighted by atomic mass is 10.0. The maximum atomic E-state index is 13.3. The Balaban J connectivity index is 1.57. The molecule has 0 aliphatic carbocycles. The molecule has 34 heavy (non-hydrogen) atoms. The van der Waals surface area contributed by atoms with Crippen LogP contribution in [0.5, 0.6) is 0 Å². The summed E-state index contributed by atoms with van der Waals surface area (Å²) >= 11 is 6.54. The van der Waals surface area contributed by atoms with Gasteiger partial charge in [-0.3, -0.25) is 4.79 Å². The smallest absolute Gasteiger partial charge is 0.410 e. The number of nitrogens with zero attached hydrogens (tertiary/aromatic N) is 3. The number of hydrogen-bond acceptors (Lipinski definition) is 4. The van der Waals surface area contributed by atoms with Crippen LogP contribution in [0.3, 0.4) is 0 Å². The van der Waals surface area contributed by atoms with Gasteiger partial charge in [-0.2, -0.15) is 0 Å². The van der Waals surface area contributed by atoms with Crippen LogP contribution in [0.1, 0.15) is 36.2 Å². The van der Waals surface area contributed by atoms with Gasteiger partial charge in [0.1, 0.15) is 0 Å². The molecular formula is C27H26ClN3O3. The maximum absolute atomic E-state index is 13.3.